The van der Waals surface area contributed by atoms with Crippen LogP contribution in [0, 0.1) is 0 Å². The van der Waals surface area contributed by atoms with Crippen molar-refractivity contribution in [3.8, 4) is 11.5 Å². The fourth-order valence-electron chi connectivity index (χ4n) is 2.37. The number of aromatic carboxylic acids is 2. The average molecular weight is 366 g/mol. The SMILES string of the molecule is O=C(O)c1cccc(Oc2ccccc2Sc2ccccc2)c1C(=O)O. The third-order valence-electron chi connectivity index (χ3n) is 3.51. The predicted octanol–water partition coefficient (Wildman–Crippen LogP) is 5.03. The van der Waals surface area contributed by atoms with Crippen molar-refractivity contribution in [2.75, 3.05) is 0 Å². The van der Waals surface area contributed by atoms with Crippen LogP contribution in [0.4, 0.5) is 0 Å². The fourth-order valence-corrected chi connectivity index (χ4v) is 3.27. The van der Waals surface area contributed by atoms with Crippen LogP contribution in [0.5, 0.6) is 11.5 Å². The van der Waals surface area contributed by atoms with Crippen LogP contribution >= 0.6 is 11.8 Å². The molecule has 0 atom stereocenters. The van der Waals surface area contributed by atoms with Crippen LogP contribution in [-0.2, 0) is 0 Å². The van der Waals surface area contributed by atoms with E-state index in [2.05, 4.69) is 0 Å². The maximum atomic E-state index is 11.6. The average Bonchev–Trinajstić information content (AvgIpc) is 2.64. The van der Waals surface area contributed by atoms with Gasteiger partial charge >= 0.3 is 11.9 Å². The molecule has 26 heavy (non-hydrogen) atoms. The van der Waals surface area contributed by atoms with E-state index in [0.717, 1.165) is 9.79 Å². The van der Waals surface area contributed by atoms with Crippen molar-refractivity contribution in [2.45, 2.75) is 9.79 Å². The molecule has 3 aromatic rings. The molecule has 0 aromatic heterocycles. The Hall–Kier alpha value is -3.25. The molecule has 0 fully saturated rings. The Balaban J connectivity index is 1.99. The normalized spacial score (nSPS) is 10.3. The summed E-state index contributed by atoms with van der Waals surface area (Å²) < 4.78 is 5.80. The highest BCUT2D eigenvalue weighted by molar-refractivity contribution is 7.99. The minimum Gasteiger partial charge on any atom is -0.478 e. The van der Waals surface area contributed by atoms with Gasteiger partial charge in [0.15, 0.2) is 0 Å². The number of rotatable bonds is 6. The summed E-state index contributed by atoms with van der Waals surface area (Å²) in [4.78, 5) is 24.7. The number of carboxylic acids is 2. The first-order chi connectivity index (χ1) is 12.6. The molecule has 0 spiro atoms. The van der Waals surface area contributed by atoms with Gasteiger partial charge in [0.2, 0.25) is 0 Å². The molecule has 0 aliphatic rings. The number of carbonyl (C=O) groups is 2. The molecule has 130 valence electrons. The van der Waals surface area contributed by atoms with Crippen molar-refractivity contribution in [2.24, 2.45) is 0 Å². The van der Waals surface area contributed by atoms with Gasteiger partial charge in [0.25, 0.3) is 0 Å². The lowest BCUT2D eigenvalue weighted by atomic mass is 10.1. The zero-order valence-corrected chi connectivity index (χ0v) is 14.3. The van der Waals surface area contributed by atoms with Crippen molar-refractivity contribution in [3.63, 3.8) is 0 Å². The zero-order chi connectivity index (χ0) is 18.5. The summed E-state index contributed by atoms with van der Waals surface area (Å²) in [5.41, 5.74) is -0.692. The number of carboxylic acid groups (broad SMARTS) is 2. The Morgan fingerprint density at radius 3 is 2.08 bits per heavy atom. The summed E-state index contributed by atoms with van der Waals surface area (Å²) in [5.74, 6) is -2.24. The Bertz CT molecular complexity index is 953. The summed E-state index contributed by atoms with van der Waals surface area (Å²) in [6, 6.07) is 21.0. The third-order valence-corrected chi connectivity index (χ3v) is 4.58. The standard InChI is InChI=1S/C20H14O5S/c21-19(22)14-9-6-11-16(18(14)20(23)24)25-15-10-4-5-12-17(15)26-13-7-2-1-3-8-13/h1-12H,(H,21,22)(H,23,24). The van der Waals surface area contributed by atoms with Crippen molar-refractivity contribution in [1.82, 2.24) is 0 Å². The number of para-hydroxylation sites is 1. The molecule has 0 saturated carbocycles. The van der Waals surface area contributed by atoms with Crippen LogP contribution in [0.1, 0.15) is 20.7 Å². The summed E-state index contributed by atoms with van der Waals surface area (Å²) in [7, 11) is 0. The molecule has 6 heteroatoms. The first kappa shape index (κ1) is 17.6. The van der Waals surface area contributed by atoms with Gasteiger partial charge in [0, 0.05) is 4.90 Å². The van der Waals surface area contributed by atoms with Gasteiger partial charge in [-0.25, -0.2) is 9.59 Å². The zero-order valence-electron chi connectivity index (χ0n) is 13.5. The molecular formula is C20H14O5S. The van der Waals surface area contributed by atoms with Crippen LogP contribution in [-0.4, -0.2) is 22.2 Å². The van der Waals surface area contributed by atoms with Gasteiger partial charge in [-0.05, 0) is 36.4 Å². The molecule has 0 saturated heterocycles. The second-order valence-electron chi connectivity index (χ2n) is 5.25. The smallest absolute Gasteiger partial charge is 0.340 e. The number of ether oxygens (including phenoxy) is 1. The van der Waals surface area contributed by atoms with Crippen molar-refractivity contribution >= 4 is 23.7 Å². The second-order valence-corrected chi connectivity index (χ2v) is 6.37. The van der Waals surface area contributed by atoms with Crippen molar-refractivity contribution in [1.29, 1.82) is 0 Å². The van der Waals surface area contributed by atoms with Gasteiger partial charge in [-0.1, -0.05) is 48.2 Å². The Morgan fingerprint density at radius 1 is 0.731 bits per heavy atom. The molecule has 0 radical (unpaired) electrons. The lowest BCUT2D eigenvalue weighted by Gasteiger charge is -2.13. The van der Waals surface area contributed by atoms with Crippen molar-refractivity contribution in [3.05, 3.63) is 83.9 Å². The van der Waals surface area contributed by atoms with Crippen molar-refractivity contribution < 1.29 is 24.5 Å². The van der Waals surface area contributed by atoms with Crippen LogP contribution in [0.25, 0.3) is 0 Å². The Kier molecular flexibility index (Phi) is 5.24. The molecule has 5 nitrogen and oxygen atoms in total. The highest BCUT2D eigenvalue weighted by Gasteiger charge is 2.22. The van der Waals surface area contributed by atoms with E-state index in [4.69, 9.17) is 4.74 Å². The van der Waals surface area contributed by atoms with Crippen LogP contribution in [0.2, 0.25) is 0 Å². The number of hydrogen-bond donors (Lipinski definition) is 2. The molecule has 0 aliphatic carbocycles. The van der Waals surface area contributed by atoms with Crippen LogP contribution in [0.15, 0.2) is 82.6 Å². The fraction of sp³-hybridized carbons (Fsp3) is 0. The van der Waals surface area contributed by atoms with E-state index in [1.165, 1.54) is 30.0 Å². The van der Waals surface area contributed by atoms with Crippen LogP contribution in [0.3, 0.4) is 0 Å². The summed E-state index contributed by atoms with van der Waals surface area (Å²) in [6.07, 6.45) is 0. The first-order valence-electron chi connectivity index (χ1n) is 7.65. The molecule has 0 unspecified atom stereocenters. The molecule has 3 aromatic carbocycles. The van der Waals surface area contributed by atoms with Gasteiger partial charge in [0.05, 0.1) is 10.5 Å². The van der Waals surface area contributed by atoms with E-state index in [0.29, 0.717) is 5.75 Å². The maximum absolute atomic E-state index is 11.6. The lowest BCUT2D eigenvalue weighted by Crippen LogP contribution is -2.09. The van der Waals surface area contributed by atoms with E-state index in [1.54, 1.807) is 12.1 Å². The van der Waals surface area contributed by atoms with E-state index in [9.17, 15) is 19.8 Å². The van der Waals surface area contributed by atoms with E-state index in [-0.39, 0.29) is 16.9 Å². The quantitative estimate of drug-likeness (QED) is 0.637. The molecule has 0 bridgehead atoms. The largest absolute Gasteiger partial charge is 0.478 e. The Morgan fingerprint density at radius 2 is 1.38 bits per heavy atom. The summed E-state index contributed by atoms with van der Waals surface area (Å²) >= 11 is 1.47. The third kappa shape index (κ3) is 3.87. The minimum atomic E-state index is -1.36. The molecule has 0 heterocycles. The molecular weight excluding hydrogens is 352 g/mol. The van der Waals surface area contributed by atoms with Gasteiger partial charge in [-0.15, -0.1) is 0 Å². The van der Waals surface area contributed by atoms with Gasteiger partial charge in [-0.3, -0.25) is 0 Å². The topological polar surface area (TPSA) is 83.8 Å². The van der Waals surface area contributed by atoms with E-state index < -0.39 is 11.9 Å². The van der Waals surface area contributed by atoms with Crippen LogP contribution < -0.4 is 4.74 Å². The first-order valence-corrected chi connectivity index (χ1v) is 8.47. The second kappa shape index (κ2) is 7.76. The predicted molar refractivity (Wildman–Crippen MR) is 97.4 cm³/mol. The van der Waals surface area contributed by atoms with Gasteiger partial charge in [0.1, 0.15) is 17.1 Å². The highest BCUT2D eigenvalue weighted by Crippen LogP contribution is 2.38. The molecule has 0 aliphatic heterocycles. The molecule has 0 amide bonds. The molecule has 3 rings (SSSR count). The summed E-state index contributed by atoms with van der Waals surface area (Å²) in [5, 5.41) is 18.7. The summed E-state index contributed by atoms with van der Waals surface area (Å²) in [6.45, 7) is 0. The minimum absolute atomic E-state index is 0.0153. The number of benzene rings is 3. The van der Waals surface area contributed by atoms with E-state index in [1.807, 2.05) is 42.5 Å². The monoisotopic (exact) mass is 366 g/mol. The highest BCUT2D eigenvalue weighted by atomic mass is 32.2. The number of hydrogen-bond acceptors (Lipinski definition) is 4. The lowest BCUT2D eigenvalue weighted by molar-refractivity contribution is 0.0649. The van der Waals surface area contributed by atoms with E-state index >= 15 is 0 Å². The molecule has 2 N–H and O–H groups in total. The maximum Gasteiger partial charge on any atom is 0.340 e. The van der Waals surface area contributed by atoms with Gasteiger partial charge < -0.3 is 14.9 Å². The van der Waals surface area contributed by atoms with Gasteiger partial charge in [-0.2, -0.15) is 0 Å². The Labute approximate surface area is 153 Å².